The van der Waals surface area contributed by atoms with Gasteiger partial charge in [-0.15, -0.1) is 0 Å². The van der Waals surface area contributed by atoms with Crippen LogP contribution in [0.2, 0.25) is 0 Å². The van der Waals surface area contributed by atoms with Gasteiger partial charge in [0, 0.05) is 32.8 Å². The van der Waals surface area contributed by atoms with Gasteiger partial charge in [-0.1, -0.05) is 0 Å². The summed E-state index contributed by atoms with van der Waals surface area (Å²) in [6.07, 6.45) is 0. The van der Waals surface area contributed by atoms with E-state index in [-0.39, 0.29) is 18.6 Å². The zero-order valence-corrected chi connectivity index (χ0v) is 8.66. The van der Waals surface area contributed by atoms with E-state index in [0.717, 1.165) is 19.6 Å². The van der Waals surface area contributed by atoms with E-state index in [0.29, 0.717) is 13.2 Å². The van der Waals surface area contributed by atoms with Crippen molar-refractivity contribution >= 4 is 5.91 Å². The van der Waals surface area contributed by atoms with E-state index in [4.69, 9.17) is 10.5 Å². The highest BCUT2D eigenvalue weighted by Gasteiger charge is 2.24. The van der Waals surface area contributed by atoms with Crippen molar-refractivity contribution < 1.29 is 9.53 Å². The summed E-state index contributed by atoms with van der Waals surface area (Å²) in [5.74, 6) is 0.0452. The van der Waals surface area contributed by atoms with Crippen molar-refractivity contribution in [1.82, 2.24) is 10.2 Å². The molecule has 1 atom stereocenters. The predicted molar refractivity (Wildman–Crippen MR) is 53.9 cm³/mol. The summed E-state index contributed by atoms with van der Waals surface area (Å²) in [5.41, 5.74) is 5.59. The minimum Gasteiger partial charge on any atom is -0.372 e. The minimum absolute atomic E-state index is 0.0452. The SMILES string of the molecule is CCOCC(=O)N1CCNCC1CN. The Labute approximate surface area is 84.6 Å². The van der Waals surface area contributed by atoms with Gasteiger partial charge in [0.25, 0.3) is 0 Å². The van der Waals surface area contributed by atoms with E-state index in [9.17, 15) is 4.79 Å². The van der Waals surface area contributed by atoms with Gasteiger partial charge in [0.2, 0.25) is 5.91 Å². The molecule has 5 heteroatoms. The van der Waals surface area contributed by atoms with Gasteiger partial charge < -0.3 is 20.7 Å². The van der Waals surface area contributed by atoms with Crippen LogP contribution in [0, 0.1) is 0 Å². The molecule has 14 heavy (non-hydrogen) atoms. The molecule has 3 N–H and O–H groups in total. The van der Waals surface area contributed by atoms with Gasteiger partial charge in [0.15, 0.2) is 0 Å². The van der Waals surface area contributed by atoms with Crippen LogP contribution in [-0.2, 0) is 9.53 Å². The van der Waals surface area contributed by atoms with Crippen LogP contribution < -0.4 is 11.1 Å². The topological polar surface area (TPSA) is 67.6 Å². The molecule has 1 saturated heterocycles. The molecule has 1 aliphatic heterocycles. The van der Waals surface area contributed by atoms with E-state index in [1.807, 2.05) is 11.8 Å². The normalized spacial score (nSPS) is 22.4. The number of rotatable bonds is 4. The third-order valence-corrected chi connectivity index (χ3v) is 2.37. The number of nitrogens with one attached hydrogen (secondary N) is 1. The number of amides is 1. The van der Waals surface area contributed by atoms with Crippen LogP contribution >= 0.6 is 0 Å². The predicted octanol–water partition coefficient (Wildman–Crippen LogP) is -1.22. The fraction of sp³-hybridized carbons (Fsp3) is 0.889. The Kier molecular flexibility index (Phi) is 4.86. The third-order valence-electron chi connectivity index (χ3n) is 2.37. The maximum absolute atomic E-state index is 11.6. The zero-order chi connectivity index (χ0) is 10.4. The smallest absolute Gasteiger partial charge is 0.248 e. The molecule has 0 spiro atoms. The van der Waals surface area contributed by atoms with Crippen LogP contribution in [0.15, 0.2) is 0 Å². The third kappa shape index (κ3) is 2.94. The van der Waals surface area contributed by atoms with Crippen molar-refractivity contribution in [1.29, 1.82) is 0 Å². The first-order valence-electron chi connectivity index (χ1n) is 5.07. The van der Waals surface area contributed by atoms with E-state index >= 15 is 0 Å². The molecule has 1 rings (SSSR count). The highest BCUT2D eigenvalue weighted by atomic mass is 16.5. The molecule has 1 unspecified atom stereocenters. The molecule has 0 aromatic carbocycles. The number of nitrogens with two attached hydrogens (primary N) is 1. The standard InChI is InChI=1S/C9H19N3O2/c1-2-14-7-9(13)12-4-3-11-6-8(12)5-10/h8,11H,2-7,10H2,1H3. The number of ether oxygens (including phenoxy) is 1. The number of carbonyl (C=O) groups excluding carboxylic acids is 1. The molecule has 82 valence electrons. The average Bonchev–Trinajstić information content (AvgIpc) is 2.25. The Morgan fingerprint density at radius 1 is 1.71 bits per heavy atom. The van der Waals surface area contributed by atoms with E-state index in [1.165, 1.54) is 0 Å². The lowest BCUT2D eigenvalue weighted by Gasteiger charge is -2.35. The highest BCUT2D eigenvalue weighted by Crippen LogP contribution is 2.02. The first kappa shape index (κ1) is 11.4. The summed E-state index contributed by atoms with van der Waals surface area (Å²) in [4.78, 5) is 13.5. The van der Waals surface area contributed by atoms with Gasteiger partial charge in [0.1, 0.15) is 6.61 Å². The number of hydrogen-bond acceptors (Lipinski definition) is 4. The second kappa shape index (κ2) is 5.95. The Morgan fingerprint density at radius 2 is 2.50 bits per heavy atom. The molecular formula is C9H19N3O2. The molecule has 0 radical (unpaired) electrons. The van der Waals surface area contributed by atoms with Gasteiger partial charge in [-0.25, -0.2) is 0 Å². The van der Waals surface area contributed by atoms with Crippen molar-refractivity contribution in [3.63, 3.8) is 0 Å². The Hall–Kier alpha value is -0.650. The van der Waals surface area contributed by atoms with Crippen molar-refractivity contribution in [3.8, 4) is 0 Å². The molecular weight excluding hydrogens is 182 g/mol. The van der Waals surface area contributed by atoms with Gasteiger partial charge in [-0.05, 0) is 6.92 Å². The van der Waals surface area contributed by atoms with Crippen LogP contribution in [-0.4, -0.2) is 56.2 Å². The quantitative estimate of drug-likeness (QED) is 0.598. The largest absolute Gasteiger partial charge is 0.372 e. The monoisotopic (exact) mass is 201 g/mol. The summed E-state index contributed by atoms with van der Waals surface area (Å²) in [6, 6.07) is 0.122. The first-order valence-corrected chi connectivity index (χ1v) is 5.07. The average molecular weight is 201 g/mol. The summed E-state index contributed by atoms with van der Waals surface area (Å²) < 4.78 is 5.09. The van der Waals surface area contributed by atoms with Crippen LogP contribution in [0.1, 0.15) is 6.92 Å². The fourth-order valence-corrected chi connectivity index (χ4v) is 1.57. The van der Waals surface area contributed by atoms with Crippen molar-refractivity contribution in [2.24, 2.45) is 5.73 Å². The Bertz CT molecular complexity index is 187. The Morgan fingerprint density at radius 3 is 3.14 bits per heavy atom. The van der Waals surface area contributed by atoms with Gasteiger partial charge in [-0.3, -0.25) is 4.79 Å². The number of hydrogen-bond donors (Lipinski definition) is 2. The number of nitrogens with zero attached hydrogens (tertiary/aromatic N) is 1. The summed E-state index contributed by atoms with van der Waals surface area (Å²) in [6.45, 7) is 5.49. The molecule has 5 nitrogen and oxygen atoms in total. The molecule has 0 aliphatic carbocycles. The molecule has 1 amide bonds. The molecule has 0 saturated carbocycles. The molecule has 1 fully saturated rings. The van der Waals surface area contributed by atoms with Crippen LogP contribution in [0.4, 0.5) is 0 Å². The fourth-order valence-electron chi connectivity index (χ4n) is 1.57. The van der Waals surface area contributed by atoms with Crippen molar-refractivity contribution in [2.75, 3.05) is 39.4 Å². The lowest BCUT2D eigenvalue weighted by atomic mass is 10.2. The summed E-state index contributed by atoms with van der Waals surface area (Å²) >= 11 is 0. The summed E-state index contributed by atoms with van der Waals surface area (Å²) in [5, 5.41) is 3.21. The van der Waals surface area contributed by atoms with Crippen molar-refractivity contribution in [2.45, 2.75) is 13.0 Å². The zero-order valence-electron chi connectivity index (χ0n) is 8.66. The molecule has 1 heterocycles. The molecule has 1 aliphatic rings. The Balaban J connectivity index is 2.41. The number of carbonyl (C=O) groups is 1. The maximum Gasteiger partial charge on any atom is 0.248 e. The molecule has 0 bridgehead atoms. The van der Waals surface area contributed by atoms with E-state index in [1.54, 1.807) is 0 Å². The van der Waals surface area contributed by atoms with Crippen LogP contribution in [0.5, 0.6) is 0 Å². The van der Waals surface area contributed by atoms with E-state index < -0.39 is 0 Å². The maximum atomic E-state index is 11.6. The second-order valence-electron chi connectivity index (χ2n) is 3.32. The highest BCUT2D eigenvalue weighted by molar-refractivity contribution is 5.78. The van der Waals surface area contributed by atoms with Gasteiger partial charge in [-0.2, -0.15) is 0 Å². The molecule has 0 aromatic heterocycles. The van der Waals surface area contributed by atoms with Crippen molar-refractivity contribution in [3.05, 3.63) is 0 Å². The number of piperazine rings is 1. The van der Waals surface area contributed by atoms with Gasteiger partial charge >= 0.3 is 0 Å². The van der Waals surface area contributed by atoms with Gasteiger partial charge in [0.05, 0.1) is 6.04 Å². The van der Waals surface area contributed by atoms with E-state index in [2.05, 4.69) is 5.32 Å². The second-order valence-corrected chi connectivity index (χ2v) is 3.32. The minimum atomic E-state index is 0.0452. The first-order chi connectivity index (χ1) is 6.79. The summed E-state index contributed by atoms with van der Waals surface area (Å²) in [7, 11) is 0. The molecule has 0 aromatic rings. The lowest BCUT2D eigenvalue weighted by molar-refractivity contribution is -0.139. The van der Waals surface area contributed by atoms with Crippen LogP contribution in [0.3, 0.4) is 0 Å². The lowest BCUT2D eigenvalue weighted by Crippen LogP contribution is -2.57. The van der Waals surface area contributed by atoms with Crippen LogP contribution in [0.25, 0.3) is 0 Å².